The van der Waals surface area contributed by atoms with Gasteiger partial charge in [0.05, 0.1) is 6.54 Å². The van der Waals surface area contributed by atoms with E-state index < -0.39 is 6.55 Å². The highest BCUT2D eigenvalue weighted by Crippen LogP contribution is 2.25. The fraction of sp³-hybridized carbons (Fsp3) is 0.750. The van der Waals surface area contributed by atoms with Gasteiger partial charge in [0, 0.05) is 31.0 Å². The van der Waals surface area contributed by atoms with Crippen molar-refractivity contribution in [1.29, 1.82) is 0 Å². The monoisotopic (exact) mass is 258 g/mol. The molecule has 2 N–H and O–H groups in total. The molecule has 0 spiro atoms. The molecule has 0 amide bonds. The second kappa shape index (κ2) is 5.75. The SMILES string of the molecule is CC1CCCC(CN)N1Cc1nccn1C(F)F. The first kappa shape index (κ1) is 13.4. The van der Waals surface area contributed by atoms with E-state index in [-0.39, 0.29) is 6.04 Å². The molecule has 0 aromatic carbocycles. The average molecular weight is 258 g/mol. The van der Waals surface area contributed by atoms with Crippen molar-refractivity contribution in [1.82, 2.24) is 14.5 Å². The Morgan fingerprint density at radius 1 is 1.50 bits per heavy atom. The number of nitrogens with two attached hydrogens (primary N) is 1. The van der Waals surface area contributed by atoms with Crippen molar-refractivity contribution in [2.24, 2.45) is 5.73 Å². The normalized spacial score (nSPS) is 25.8. The van der Waals surface area contributed by atoms with E-state index in [2.05, 4.69) is 16.8 Å². The van der Waals surface area contributed by atoms with Crippen molar-refractivity contribution in [2.45, 2.75) is 51.4 Å². The van der Waals surface area contributed by atoms with Gasteiger partial charge in [-0.25, -0.2) is 4.98 Å². The van der Waals surface area contributed by atoms with Gasteiger partial charge in [0.2, 0.25) is 0 Å². The van der Waals surface area contributed by atoms with Crippen LogP contribution >= 0.6 is 0 Å². The van der Waals surface area contributed by atoms with Crippen molar-refractivity contribution < 1.29 is 8.78 Å². The summed E-state index contributed by atoms with van der Waals surface area (Å²) >= 11 is 0. The van der Waals surface area contributed by atoms with Crippen LogP contribution in [0.2, 0.25) is 0 Å². The predicted molar refractivity (Wildman–Crippen MR) is 65.2 cm³/mol. The Morgan fingerprint density at radius 2 is 2.28 bits per heavy atom. The highest BCUT2D eigenvalue weighted by atomic mass is 19.3. The lowest BCUT2D eigenvalue weighted by Gasteiger charge is -2.40. The number of imidazole rings is 1. The molecule has 1 aliphatic rings. The Hall–Kier alpha value is -1.01. The zero-order valence-corrected chi connectivity index (χ0v) is 10.6. The first-order valence-electron chi connectivity index (χ1n) is 6.39. The van der Waals surface area contributed by atoms with Crippen LogP contribution in [0.1, 0.15) is 38.6 Å². The van der Waals surface area contributed by atoms with E-state index in [1.807, 2.05) is 0 Å². The van der Waals surface area contributed by atoms with Crippen molar-refractivity contribution in [3.63, 3.8) is 0 Å². The Bertz CT molecular complexity index is 380. The Morgan fingerprint density at radius 3 is 2.94 bits per heavy atom. The number of halogens is 2. The Labute approximate surface area is 106 Å². The second-order valence-corrected chi connectivity index (χ2v) is 4.87. The van der Waals surface area contributed by atoms with Crippen LogP contribution in [-0.2, 0) is 6.54 Å². The maximum absolute atomic E-state index is 12.8. The minimum atomic E-state index is -2.53. The van der Waals surface area contributed by atoms with Gasteiger partial charge in [0.1, 0.15) is 5.82 Å². The summed E-state index contributed by atoms with van der Waals surface area (Å²) in [6.45, 7) is 0.608. The number of nitrogens with zero attached hydrogens (tertiary/aromatic N) is 3. The van der Waals surface area contributed by atoms with E-state index in [4.69, 9.17) is 5.73 Å². The number of hydrogen-bond acceptors (Lipinski definition) is 3. The summed E-state index contributed by atoms with van der Waals surface area (Å²) in [7, 11) is 0. The molecule has 18 heavy (non-hydrogen) atoms. The van der Waals surface area contributed by atoms with Crippen LogP contribution in [-0.4, -0.2) is 33.1 Å². The zero-order chi connectivity index (χ0) is 13.1. The molecule has 2 unspecified atom stereocenters. The largest absolute Gasteiger partial charge is 0.329 e. The van der Waals surface area contributed by atoms with E-state index in [1.165, 1.54) is 12.4 Å². The Kier molecular flexibility index (Phi) is 4.29. The van der Waals surface area contributed by atoms with Crippen LogP contribution < -0.4 is 5.73 Å². The lowest BCUT2D eigenvalue weighted by atomic mass is 9.96. The van der Waals surface area contributed by atoms with Gasteiger partial charge >= 0.3 is 6.55 Å². The number of likely N-dealkylation sites (tertiary alicyclic amines) is 1. The van der Waals surface area contributed by atoms with Gasteiger partial charge in [-0.3, -0.25) is 9.47 Å². The lowest BCUT2D eigenvalue weighted by molar-refractivity contribution is 0.0511. The first-order chi connectivity index (χ1) is 8.63. The minimum Gasteiger partial charge on any atom is -0.329 e. The Balaban J connectivity index is 2.12. The van der Waals surface area contributed by atoms with Crippen LogP contribution in [0.15, 0.2) is 12.4 Å². The number of aromatic nitrogens is 2. The third kappa shape index (κ3) is 2.70. The van der Waals surface area contributed by atoms with Crippen LogP contribution in [0.5, 0.6) is 0 Å². The molecule has 2 atom stereocenters. The van der Waals surface area contributed by atoms with Crippen LogP contribution in [0.4, 0.5) is 8.78 Å². The highest BCUT2D eigenvalue weighted by Gasteiger charge is 2.28. The number of hydrogen-bond donors (Lipinski definition) is 1. The second-order valence-electron chi connectivity index (χ2n) is 4.87. The molecule has 1 fully saturated rings. The number of piperidine rings is 1. The maximum atomic E-state index is 12.8. The van der Waals surface area contributed by atoms with E-state index in [1.54, 1.807) is 0 Å². The third-order valence-corrected chi connectivity index (χ3v) is 3.75. The summed E-state index contributed by atoms with van der Waals surface area (Å²) in [5, 5.41) is 0. The van der Waals surface area contributed by atoms with Crippen LogP contribution in [0.25, 0.3) is 0 Å². The number of alkyl halides is 2. The van der Waals surface area contributed by atoms with Gasteiger partial charge < -0.3 is 5.73 Å². The molecule has 1 saturated heterocycles. The molecule has 0 saturated carbocycles. The number of rotatable bonds is 4. The van der Waals surface area contributed by atoms with Crippen molar-refractivity contribution in [3.05, 3.63) is 18.2 Å². The van der Waals surface area contributed by atoms with Gasteiger partial charge in [-0.05, 0) is 19.8 Å². The maximum Gasteiger partial charge on any atom is 0.319 e. The molecule has 0 bridgehead atoms. The molecular formula is C12H20F2N4. The van der Waals surface area contributed by atoms with E-state index >= 15 is 0 Å². The summed E-state index contributed by atoms with van der Waals surface area (Å²) in [5.74, 6) is 0.414. The first-order valence-corrected chi connectivity index (χ1v) is 6.39. The summed E-state index contributed by atoms with van der Waals surface area (Å²) in [5.41, 5.74) is 5.77. The van der Waals surface area contributed by atoms with E-state index in [0.717, 1.165) is 23.8 Å². The zero-order valence-electron chi connectivity index (χ0n) is 10.6. The molecule has 6 heteroatoms. The van der Waals surface area contributed by atoms with Gasteiger partial charge in [0.25, 0.3) is 0 Å². The molecule has 1 aromatic rings. The van der Waals surface area contributed by atoms with Crippen molar-refractivity contribution in [3.8, 4) is 0 Å². The molecule has 2 rings (SSSR count). The molecule has 4 nitrogen and oxygen atoms in total. The summed E-state index contributed by atoms with van der Waals surface area (Å²) in [4.78, 5) is 6.23. The van der Waals surface area contributed by atoms with Gasteiger partial charge in [-0.2, -0.15) is 8.78 Å². The van der Waals surface area contributed by atoms with Crippen molar-refractivity contribution in [2.75, 3.05) is 6.54 Å². The summed E-state index contributed by atoms with van der Waals surface area (Å²) in [6.07, 6.45) is 6.03. The molecule has 1 aliphatic heterocycles. The van der Waals surface area contributed by atoms with Gasteiger partial charge in [-0.1, -0.05) is 6.42 Å². The average Bonchev–Trinajstić information content (AvgIpc) is 2.80. The smallest absolute Gasteiger partial charge is 0.319 e. The van der Waals surface area contributed by atoms with Gasteiger partial charge in [0.15, 0.2) is 0 Å². The minimum absolute atomic E-state index is 0.275. The van der Waals surface area contributed by atoms with Crippen molar-refractivity contribution >= 4 is 0 Å². The summed E-state index contributed by atoms with van der Waals surface area (Å²) in [6, 6.07) is 0.645. The predicted octanol–water partition coefficient (Wildman–Crippen LogP) is 1.98. The highest BCUT2D eigenvalue weighted by molar-refractivity contribution is 4.95. The molecule has 1 aromatic heterocycles. The lowest BCUT2D eigenvalue weighted by Crippen LogP contribution is -2.48. The fourth-order valence-corrected chi connectivity index (χ4v) is 2.69. The molecule has 102 valence electrons. The van der Waals surface area contributed by atoms with Gasteiger partial charge in [-0.15, -0.1) is 0 Å². The molecular weight excluding hydrogens is 238 g/mol. The molecule has 0 radical (unpaired) electrons. The van der Waals surface area contributed by atoms with E-state index in [9.17, 15) is 8.78 Å². The molecule has 0 aliphatic carbocycles. The standard InChI is InChI=1S/C12H20F2N4/c1-9-3-2-4-10(7-15)18(9)8-11-16-5-6-17(11)12(13)14/h5-6,9-10,12H,2-4,7-8,15H2,1H3. The molecule has 2 heterocycles. The van der Waals surface area contributed by atoms with E-state index in [0.29, 0.717) is 25.0 Å². The quantitative estimate of drug-likeness (QED) is 0.898. The topological polar surface area (TPSA) is 47.1 Å². The third-order valence-electron chi connectivity index (χ3n) is 3.75. The summed E-state index contributed by atoms with van der Waals surface area (Å²) < 4.78 is 26.5. The van der Waals surface area contributed by atoms with Crippen LogP contribution in [0, 0.1) is 0 Å². The fourth-order valence-electron chi connectivity index (χ4n) is 2.69. The van der Waals surface area contributed by atoms with Crippen LogP contribution in [0.3, 0.4) is 0 Å².